The van der Waals surface area contributed by atoms with Gasteiger partial charge in [0.15, 0.2) is 0 Å². The van der Waals surface area contributed by atoms with Crippen LogP contribution in [0, 0.1) is 26.0 Å². The minimum absolute atomic E-state index is 0.0805. The first-order chi connectivity index (χ1) is 21.2. The number of hydrogen-bond acceptors (Lipinski definition) is 6. The third-order valence-electron chi connectivity index (χ3n) is 6.08. The Morgan fingerprint density at radius 3 is 1.73 bits per heavy atom. The van der Waals surface area contributed by atoms with E-state index in [1.807, 2.05) is 37.3 Å². The van der Waals surface area contributed by atoms with Gasteiger partial charge in [0.2, 0.25) is 5.82 Å². The topological polar surface area (TPSA) is 150 Å². The highest BCUT2D eigenvalue weighted by molar-refractivity contribution is 9.11. The molecule has 0 amide bonds. The number of nitro benzene ring substituents is 2. The number of nitro groups is 2. The van der Waals surface area contributed by atoms with Crippen LogP contribution >= 0.6 is 63.7 Å². The molecular formula is C30H28Br4FN5O5. The average Bonchev–Trinajstić information content (AvgIpc) is 3.27. The molecule has 0 fully saturated rings. The number of aryl methyl sites for hydroxylation is 3. The zero-order valence-electron chi connectivity index (χ0n) is 24.2. The van der Waals surface area contributed by atoms with Gasteiger partial charge in [-0.25, -0.2) is 4.79 Å². The minimum Gasteiger partial charge on any atom is -0.399 e. The Morgan fingerprint density at radius 1 is 0.756 bits per heavy atom. The molecular weight excluding hydrogens is 849 g/mol. The largest absolute Gasteiger partial charge is 0.399 e. The standard InChI is InChI=1S/C8H7BrN2O.C8H8BrNO2.C8H10BrN.C6H3BrFNO2/c1-11-7-4-5(9)2-3-6(7)10-8(11)12;1-2-6-5-7(9)3-4-8(6)10(11)12;1-2-6-5-7(9)3-4-8(6)10;7-4-1-2-6(9(10)11)5(8)3-4/h2-4H,1H3,(H,10,12);3-5H,2H2,1H3;3-5H,2,10H2,1H3;1-3H. The third-order valence-corrected chi connectivity index (χ3v) is 8.05. The van der Waals surface area contributed by atoms with E-state index in [-0.39, 0.29) is 16.3 Å². The predicted molar refractivity (Wildman–Crippen MR) is 190 cm³/mol. The molecule has 15 heteroatoms. The van der Waals surface area contributed by atoms with Crippen LogP contribution in [0.1, 0.15) is 25.0 Å². The van der Waals surface area contributed by atoms with Crippen molar-refractivity contribution in [2.75, 3.05) is 5.73 Å². The number of H-pyrrole nitrogens is 1. The molecule has 0 aliphatic heterocycles. The maximum absolute atomic E-state index is 12.6. The van der Waals surface area contributed by atoms with Crippen molar-refractivity contribution in [3.63, 3.8) is 0 Å². The number of imidazole rings is 1. The molecule has 0 saturated heterocycles. The van der Waals surface area contributed by atoms with Gasteiger partial charge in [-0.05, 0) is 79.1 Å². The van der Waals surface area contributed by atoms with Gasteiger partial charge in [-0.2, -0.15) is 4.39 Å². The number of nitrogens with zero attached hydrogens (tertiary/aromatic N) is 3. The first kappa shape index (κ1) is 37.8. The van der Waals surface area contributed by atoms with Gasteiger partial charge in [-0.3, -0.25) is 24.8 Å². The van der Waals surface area contributed by atoms with E-state index < -0.39 is 16.4 Å². The SMILES string of the molecule is CCc1cc(Br)ccc1N.CCc1cc(Br)ccc1[N+](=O)[O-].Cn1c(=O)[nH]c2ccc(Br)cc21.O=[N+]([O-])c1ccc(Br)cc1F. The molecule has 0 spiro atoms. The Balaban J connectivity index is 0.000000210. The molecule has 0 aliphatic carbocycles. The number of nitrogen functional groups attached to an aromatic ring is 1. The van der Waals surface area contributed by atoms with Gasteiger partial charge in [-0.15, -0.1) is 0 Å². The Morgan fingerprint density at radius 2 is 1.22 bits per heavy atom. The molecule has 0 unspecified atom stereocenters. The van der Waals surface area contributed by atoms with E-state index >= 15 is 0 Å². The first-order valence-corrected chi connectivity index (χ1v) is 16.3. The number of nitrogens with two attached hydrogens (primary N) is 1. The lowest BCUT2D eigenvalue weighted by atomic mass is 10.1. The molecule has 10 nitrogen and oxygen atoms in total. The third kappa shape index (κ3) is 11.5. The lowest BCUT2D eigenvalue weighted by Gasteiger charge is -2.01. The molecule has 1 heterocycles. The summed E-state index contributed by atoms with van der Waals surface area (Å²) in [5.41, 5.74) is 9.91. The smallest absolute Gasteiger partial charge is 0.326 e. The summed E-state index contributed by atoms with van der Waals surface area (Å²) >= 11 is 13.0. The van der Waals surface area contributed by atoms with E-state index in [0.29, 0.717) is 10.9 Å². The Labute approximate surface area is 291 Å². The number of benzene rings is 4. The molecule has 0 aliphatic rings. The number of anilines is 1. The second kappa shape index (κ2) is 17.9. The summed E-state index contributed by atoms with van der Waals surface area (Å²) in [6.07, 6.45) is 1.67. The fourth-order valence-corrected chi connectivity index (χ4v) is 5.22. The van der Waals surface area contributed by atoms with Crippen LogP contribution < -0.4 is 11.4 Å². The van der Waals surface area contributed by atoms with Crippen LogP contribution in [0.25, 0.3) is 11.0 Å². The molecule has 0 atom stereocenters. The highest BCUT2D eigenvalue weighted by Crippen LogP contribution is 2.23. The molecule has 1 aromatic heterocycles. The Hall–Kier alpha value is -3.40. The maximum atomic E-state index is 12.6. The summed E-state index contributed by atoms with van der Waals surface area (Å²) in [7, 11) is 1.74. The van der Waals surface area contributed by atoms with Crippen molar-refractivity contribution in [1.29, 1.82) is 0 Å². The van der Waals surface area contributed by atoms with E-state index in [9.17, 15) is 29.4 Å². The van der Waals surface area contributed by atoms with Gasteiger partial charge in [0, 0.05) is 48.3 Å². The van der Waals surface area contributed by atoms with E-state index in [1.165, 1.54) is 17.7 Å². The summed E-state index contributed by atoms with van der Waals surface area (Å²) in [6.45, 7) is 3.99. The van der Waals surface area contributed by atoms with E-state index in [2.05, 4.69) is 81.7 Å². The van der Waals surface area contributed by atoms with Crippen molar-refractivity contribution >= 4 is 91.8 Å². The monoisotopic (exact) mass is 873 g/mol. The van der Waals surface area contributed by atoms with Crippen molar-refractivity contribution < 1.29 is 14.2 Å². The van der Waals surface area contributed by atoms with Crippen LogP contribution in [0.3, 0.4) is 0 Å². The molecule has 3 N–H and O–H groups in total. The lowest BCUT2D eigenvalue weighted by Crippen LogP contribution is -2.11. The molecule has 0 bridgehead atoms. The summed E-state index contributed by atoms with van der Waals surface area (Å²) < 4.78 is 17.7. The van der Waals surface area contributed by atoms with Crippen molar-refractivity contribution in [3.05, 3.63) is 138 Å². The van der Waals surface area contributed by atoms with Crippen LogP contribution in [-0.4, -0.2) is 19.4 Å². The number of nitrogens with one attached hydrogen (secondary N) is 1. The molecule has 0 saturated carbocycles. The number of halogens is 5. The quantitative estimate of drug-likeness (QED) is 0.104. The van der Waals surface area contributed by atoms with Gasteiger partial charge >= 0.3 is 11.4 Å². The van der Waals surface area contributed by atoms with Crippen LogP contribution in [0.5, 0.6) is 0 Å². The van der Waals surface area contributed by atoms with Gasteiger partial charge in [-0.1, -0.05) is 77.6 Å². The molecule has 238 valence electrons. The highest BCUT2D eigenvalue weighted by Gasteiger charge is 2.12. The molecule has 5 rings (SSSR count). The lowest BCUT2D eigenvalue weighted by molar-refractivity contribution is -0.387. The number of hydrogen-bond donors (Lipinski definition) is 2. The molecule has 0 radical (unpaired) electrons. The van der Waals surface area contributed by atoms with Gasteiger partial charge in [0.05, 0.1) is 20.9 Å². The van der Waals surface area contributed by atoms with Crippen molar-refractivity contribution in [2.24, 2.45) is 7.05 Å². The van der Waals surface area contributed by atoms with Crippen molar-refractivity contribution in [2.45, 2.75) is 26.7 Å². The predicted octanol–water partition coefficient (Wildman–Crippen LogP) is 9.64. The Bertz CT molecular complexity index is 1860. The van der Waals surface area contributed by atoms with Crippen molar-refractivity contribution in [3.8, 4) is 0 Å². The highest BCUT2D eigenvalue weighted by atomic mass is 79.9. The fourth-order valence-electron chi connectivity index (χ4n) is 3.72. The zero-order chi connectivity index (χ0) is 33.8. The number of fused-ring (bicyclic) bond motifs is 1. The van der Waals surface area contributed by atoms with Crippen LogP contribution in [0.4, 0.5) is 21.5 Å². The number of aromatic amines is 1. The zero-order valence-corrected chi connectivity index (χ0v) is 30.5. The maximum Gasteiger partial charge on any atom is 0.326 e. The summed E-state index contributed by atoms with van der Waals surface area (Å²) in [6, 6.07) is 20.2. The van der Waals surface area contributed by atoms with E-state index in [1.54, 1.807) is 23.7 Å². The van der Waals surface area contributed by atoms with Crippen LogP contribution in [0.15, 0.2) is 95.5 Å². The summed E-state index contributed by atoms with van der Waals surface area (Å²) in [5, 5.41) is 20.6. The van der Waals surface area contributed by atoms with Crippen molar-refractivity contribution in [1.82, 2.24) is 9.55 Å². The number of aromatic nitrogens is 2. The van der Waals surface area contributed by atoms with Crippen LogP contribution in [-0.2, 0) is 19.9 Å². The minimum atomic E-state index is -0.829. The van der Waals surface area contributed by atoms with Gasteiger partial charge in [0.25, 0.3) is 5.69 Å². The number of rotatable bonds is 4. The molecule has 4 aromatic carbocycles. The normalized spacial score (nSPS) is 10.0. The van der Waals surface area contributed by atoms with Gasteiger partial charge in [0.1, 0.15) is 0 Å². The second-order valence-electron chi connectivity index (χ2n) is 9.08. The Kier molecular flexibility index (Phi) is 15.1. The van der Waals surface area contributed by atoms with E-state index in [4.69, 9.17) is 5.73 Å². The first-order valence-electron chi connectivity index (χ1n) is 13.1. The van der Waals surface area contributed by atoms with Gasteiger partial charge < -0.3 is 10.7 Å². The second-order valence-corrected chi connectivity index (χ2v) is 12.7. The fraction of sp³-hybridized carbons (Fsp3) is 0.167. The van der Waals surface area contributed by atoms with Crippen LogP contribution in [0.2, 0.25) is 0 Å². The molecule has 45 heavy (non-hydrogen) atoms. The summed E-state index contributed by atoms with van der Waals surface area (Å²) in [5.74, 6) is -0.829. The molecule has 5 aromatic rings. The summed E-state index contributed by atoms with van der Waals surface area (Å²) in [4.78, 5) is 33.3. The average molecular weight is 877 g/mol. The van der Waals surface area contributed by atoms with E-state index in [0.717, 1.165) is 54.3 Å².